The topological polar surface area (TPSA) is 91.0 Å². The van der Waals surface area contributed by atoms with Gasteiger partial charge in [0, 0.05) is 29.8 Å². The van der Waals surface area contributed by atoms with Crippen molar-refractivity contribution >= 4 is 35.0 Å². The lowest BCUT2D eigenvalue weighted by Crippen LogP contribution is -2.56. The molecule has 0 unspecified atom stereocenters. The highest BCUT2D eigenvalue weighted by Crippen LogP contribution is 2.55. The van der Waals surface area contributed by atoms with Crippen molar-refractivity contribution in [3.8, 4) is 0 Å². The largest absolute Gasteiger partial charge is 0.359 e. The molecule has 8 nitrogen and oxygen atoms in total. The average molecular weight is 605 g/mol. The van der Waals surface area contributed by atoms with Crippen molar-refractivity contribution in [2.24, 2.45) is 11.8 Å². The Morgan fingerprint density at radius 1 is 1.09 bits per heavy atom. The first-order valence-corrected chi connectivity index (χ1v) is 15.9. The number of benzene rings is 2. The molecule has 9 heteroatoms. The summed E-state index contributed by atoms with van der Waals surface area (Å²) in [6.45, 7) is 3.86. The van der Waals surface area contributed by atoms with Gasteiger partial charge in [0.1, 0.15) is 11.6 Å². The predicted molar refractivity (Wildman–Crippen MR) is 166 cm³/mol. The highest BCUT2D eigenvalue weighted by Gasteiger charge is 2.72. The fourth-order valence-corrected chi connectivity index (χ4v) is 7.60. The molecule has 2 aromatic rings. The minimum Gasteiger partial charge on any atom is -0.359 e. The van der Waals surface area contributed by atoms with Crippen LogP contribution in [0.25, 0.3) is 0 Å². The van der Waals surface area contributed by atoms with Crippen LogP contribution in [0.2, 0.25) is 5.02 Å². The van der Waals surface area contributed by atoms with Crippen molar-refractivity contribution in [3.63, 3.8) is 0 Å². The van der Waals surface area contributed by atoms with E-state index in [9.17, 15) is 14.4 Å². The summed E-state index contributed by atoms with van der Waals surface area (Å²) < 4.78 is 6.50. The zero-order valence-corrected chi connectivity index (χ0v) is 25.7. The average Bonchev–Trinajstić information content (AvgIpc) is 3.63. The van der Waals surface area contributed by atoms with E-state index in [0.29, 0.717) is 23.7 Å². The van der Waals surface area contributed by atoms with Crippen LogP contribution in [0.3, 0.4) is 0 Å². The molecule has 43 heavy (non-hydrogen) atoms. The number of anilines is 1. The molecule has 4 aliphatic rings. The third kappa shape index (κ3) is 5.85. The Hall–Kier alpha value is -3.20. The minimum absolute atomic E-state index is 0.0959. The third-order valence-electron chi connectivity index (χ3n) is 9.55. The Kier molecular flexibility index (Phi) is 8.63. The molecule has 2 N–H and O–H groups in total. The number of rotatable bonds is 10. The number of ether oxygens (including phenoxy) is 1. The van der Waals surface area contributed by atoms with Crippen LogP contribution in [0.4, 0.5) is 5.69 Å². The molecule has 3 heterocycles. The summed E-state index contributed by atoms with van der Waals surface area (Å²) in [5, 5.41) is 6.77. The molecule has 228 valence electrons. The van der Waals surface area contributed by atoms with Crippen molar-refractivity contribution in [2.45, 2.75) is 75.8 Å². The lowest BCUT2D eigenvalue weighted by Gasteiger charge is -2.34. The maximum absolute atomic E-state index is 14.2. The molecule has 1 spiro atoms. The van der Waals surface area contributed by atoms with E-state index in [-0.39, 0.29) is 23.8 Å². The molecular weight excluding hydrogens is 564 g/mol. The zero-order chi connectivity index (χ0) is 30.1. The van der Waals surface area contributed by atoms with Crippen molar-refractivity contribution in [1.82, 2.24) is 15.1 Å². The molecule has 1 saturated carbocycles. The maximum atomic E-state index is 14.2. The Morgan fingerprint density at radius 3 is 2.60 bits per heavy atom. The van der Waals surface area contributed by atoms with E-state index < -0.39 is 29.6 Å². The Morgan fingerprint density at radius 2 is 1.86 bits per heavy atom. The van der Waals surface area contributed by atoms with Gasteiger partial charge < -0.3 is 25.2 Å². The highest BCUT2D eigenvalue weighted by molar-refractivity contribution is 6.31. The van der Waals surface area contributed by atoms with Crippen LogP contribution in [-0.2, 0) is 25.7 Å². The summed E-state index contributed by atoms with van der Waals surface area (Å²) in [6, 6.07) is 14.9. The summed E-state index contributed by atoms with van der Waals surface area (Å²) in [5.74, 6) is -2.19. The Bertz CT molecular complexity index is 1390. The lowest BCUT2D eigenvalue weighted by atomic mass is 9.74. The summed E-state index contributed by atoms with van der Waals surface area (Å²) in [6.07, 6.45) is 9.09. The molecule has 6 rings (SSSR count). The summed E-state index contributed by atoms with van der Waals surface area (Å²) in [7, 11) is 2.06. The fourth-order valence-electron chi connectivity index (χ4n) is 7.42. The maximum Gasteiger partial charge on any atom is 0.246 e. The van der Waals surface area contributed by atoms with Crippen LogP contribution < -0.4 is 10.6 Å². The summed E-state index contributed by atoms with van der Waals surface area (Å²) >= 11 is 6.30. The zero-order valence-electron chi connectivity index (χ0n) is 24.9. The molecule has 2 aromatic carbocycles. The first-order valence-electron chi connectivity index (χ1n) is 15.5. The van der Waals surface area contributed by atoms with Crippen LogP contribution in [0, 0.1) is 18.8 Å². The second kappa shape index (κ2) is 12.4. The number of hydrogen-bond acceptors (Lipinski definition) is 5. The number of nitrogens with one attached hydrogen (secondary N) is 2. The van der Waals surface area contributed by atoms with Crippen molar-refractivity contribution < 1.29 is 19.1 Å². The van der Waals surface area contributed by atoms with Crippen LogP contribution >= 0.6 is 11.6 Å². The van der Waals surface area contributed by atoms with Gasteiger partial charge in [0.2, 0.25) is 17.7 Å². The number of halogens is 1. The highest BCUT2D eigenvalue weighted by atomic mass is 35.5. The SMILES string of the molecule is Cc1ccc(NC(=O)[C@@H]2[C@H]3C=C[C@]4(O3)[C@H](C(=O)NC3CCCCC3)N(CCCN(C)Cc3ccccc3)C(=O)[C@@H]24)cc1Cl. The van der Waals surface area contributed by atoms with Crippen molar-refractivity contribution in [3.05, 3.63) is 76.8 Å². The van der Waals surface area contributed by atoms with Gasteiger partial charge in [-0.1, -0.05) is 79.4 Å². The Balaban J connectivity index is 1.21. The minimum atomic E-state index is -1.16. The second-order valence-electron chi connectivity index (χ2n) is 12.6. The standard InChI is InChI=1S/C34H41ClN4O4/c1-22-14-15-25(20-26(22)35)37-31(40)28-27-16-17-34(43-27)29(28)33(42)39(30(34)32(41)36-24-12-7-4-8-13-24)19-9-18-38(2)21-23-10-5-3-6-11-23/h3,5-6,10-11,14-17,20,24,27-30H,4,7-9,12-13,18-19,21H2,1-2H3,(H,36,41)(H,37,40)/t27-,28-,29-,30+,34-/m1/s1. The van der Waals surface area contributed by atoms with Gasteiger partial charge in [-0.05, 0) is 63.0 Å². The van der Waals surface area contributed by atoms with Gasteiger partial charge >= 0.3 is 0 Å². The summed E-state index contributed by atoms with van der Waals surface area (Å²) in [5.41, 5.74) is 1.53. The van der Waals surface area contributed by atoms with E-state index in [1.54, 1.807) is 17.0 Å². The molecule has 0 radical (unpaired) electrons. The normalized spacial score (nSPS) is 28.0. The molecular formula is C34H41ClN4O4. The molecule has 1 aliphatic carbocycles. The van der Waals surface area contributed by atoms with Gasteiger partial charge in [0.05, 0.1) is 17.9 Å². The number of carbonyl (C=O) groups excluding carboxylic acids is 3. The van der Waals surface area contributed by atoms with Gasteiger partial charge in [-0.2, -0.15) is 0 Å². The van der Waals surface area contributed by atoms with Crippen molar-refractivity contribution in [1.29, 1.82) is 0 Å². The number of carbonyl (C=O) groups is 3. The van der Waals surface area contributed by atoms with E-state index in [1.807, 2.05) is 43.3 Å². The molecule has 5 atom stereocenters. The number of aryl methyl sites for hydroxylation is 1. The molecule has 2 saturated heterocycles. The van der Waals surface area contributed by atoms with Gasteiger partial charge in [0.25, 0.3) is 0 Å². The summed E-state index contributed by atoms with van der Waals surface area (Å²) in [4.78, 5) is 45.9. The Labute approximate surface area is 258 Å². The first kappa shape index (κ1) is 29.9. The smallest absolute Gasteiger partial charge is 0.246 e. The van der Waals surface area contributed by atoms with Gasteiger partial charge in [-0.25, -0.2) is 0 Å². The predicted octanol–water partition coefficient (Wildman–Crippen LogP) is 4.71. The van der Waals surface area contributed by atoms with E-state index in [0.717, 1.165) is 44.3 Å². The van der Waals surface area contributed by atoms with E-state index in [1.165, 1.54) is 12.0 Å². The number of amides is 3. The lowest BCUT2D eigenvalue weighted by molar-refractivity contribution is -0.141. The number of likely N-dealkylation sites (tertiary alicyclic amines) is 1. The monoisotopic (exact) mass is 604 g/mol. The second-order valence-corrected chi connectivity index (χ2v) is 13.0. The van der Waals surface area contributed by atoms with Crippen LogP contribution in [0.15, 0.2) is 60.7 Å². The molecule has 0 aromatic heterocycles. The quantitative estimate of drug-likeness (QED) is 0.384. The van der Waals surface area contributed by atoms with Gasteiger partial charge in [-0.3, -0.25) is 14.4 Å². The van der Waals surface area contributed by atoms with Crippen molar-refractivity contribution in [2.75, 3.05) is 25.5 Å². The van der Waals surface area contributed by atoms with E-state index in [4.69, 9.17) is 16.3 Å². The van der Waals surface area contributed by atoms with E-state index in [2.05, 4.69) is 34.7 Å². The molecule has 3 aliphatic heterocycles. The number of fused-ring (bicyclic) bond motifs is 1. The molecule has 3 fully saturated rings. The van der Waals surface area contributed by atoms with Crippen LogP contribution in [-0.4, -0.2) is 71.4 Å². The number of nitrogens with zero attached hydrogens (tertiary/aromatic N) is 2. The van der Waals surface area contributed by atoms with Gasteiger partial charge in [-0.15, -0.1) is 0 Å². The molecule has 3 amide bonds. The van der Waals surface area contributed by atoms with E-state index >= 15 is 0 Å². The van der Waals surface area contributed by atoms with Crippen LogP contribution in [0.1, 0.15) is 49.7 Å². The van der Waals surface area contributed by atoms with Crippen LogP contribution in [0.5, 0.6) is 0 Å². The number of hydrogen-bond donors (Lipinski definition) is 2. The third-order valence-corrected chi connectivity index (χ3v) is 9.96. The van der Waals surface area contributed by atoms with Gasteiger partial charge in [0.15, 0.2) is 0 Å². The fraction of sp³-hybridized carbons (Fsp3) is 0.500. The molecule has 2 bridgehead atoms. The first-order chi connectivity index (χ1) is 20.8.